The van der Waals surface area contributed by atoms with Crippen molar-refractivity contribution < 1.29 is 4.39 Å². The van der Waals surface area contributed by atoms with Gasteiger partial charge in [-0.3, -0.25) is 9.88 Å². The number of nitrogens with zero attached hydrogens (tertiary/aromatic N) is 4. The molecule has 0 bridgehead atoms. The second kappa shape index (κ2) is 6.58. The molecule has 4 nitrogen and oxygen atoms in total. The van der Waals surface area contributed by atoms with Crippen molar-refractivity contribution in [3.63, 3.8) is 0 Å². The number of aromatic nitrogens is 2. The van der Waals surface area contributed by atoms with E-state index in [2.05, 4.69) is 27.9 Å². The number of piperazine rings is 1. The van der Waals surface area contributed by atoms with Gasteiger partial charge in [0.05, 0.1) is 10.7 Å². The summed E-state index contributed by atoms with van der Waals surface area (Å²) in [6, 6.07) is 5.34. The maximum absolute atomic E-state index is 13.9. The molecule has 1 saturated heterocycles. The van der Waals surface area contributed by atoms with Crippen molar-refractivity contribution in [3.8, 4) is 0 Å². The Morgan fingerprint density at radius 3 is 2.68 bits per heavy atom. The summed E-state index contributed by atoms with van der Waals surface area (Å²) in [7, 11) is 0. The van der Waals surface area contributed by atoms with E-state index < -0.39 is 0 Å². The van der Waals surface area contributed by atoms with Gasteiger partial charge in [-0.15, -0.1) is 0 Å². The van der Waals surface area contributed by atoms with Crippen molar-refractivity contribution >= 4 is 17.4 Å². The van der Waals surface area contributed by atoms with Crippen LogP contribution in [-0.2, 0) is 6.54 Å². The molecule has 6 heteroatoms. The Labute approximate surface area is 134 Å². The van der Waals surface area contributed by atoms with E-state index in [1.54, 1.807) is 0 Å². The molecule has 1 aliphatic rings. The van der Waals surface area contributed by atoms with E-state index in [0.29, 0.717) is 10.8 Å². The summed E-state index contributed by atoms with van der Waals surface area (Å²) in [5, 5.41) is 0.325. The van der Waals surface area contributed by atoms with Gasteiger partial charge in [0.1, 0.15) is 0 Å². The lowest BCUT2D eigenvalue weighted by Crippen LogP contribution is -2.46. The second-order valence-corrected chi connectivity index (χ2v) is 5.93. The van der Waals surface area contributed by atoms with E-state index >= 15 is 0 Å². The first-order valence-corrected chi connectivity index (χ1v) is 7.70. The van der Waals surface area contributed by atoms with Gasteiger partial charge in [0, 0.05) is 45.1 Å². The van der Waals surface area contributed by atoms with E-state index in [1.807, 2.05) is 17.2 Å². The average Bonchev–Trinajstić information content (AvgIpc) is 2.51. The van der Waals surface area contributed by atoms with Gasteiger partial charge in [-0.2, -0.15) is 0 Å². The third kappa shape index (κ3) is 3.36. The van der Waals surface area contributed by atoms with Gasteiger partial charge in [-0.25, -0.2) is 9.37 Å². The Kier molecular flexibility index (Phi) is 4.55. The predicted octanol–water partition coefficient (Wildman–Crippen LogP) is 2.90. The Hall–Kier alpha value is -1.72. The van der Waals surface area contributed by atoms with Crippen LogP contribution in [0.3, 0.4) is 0 Å². The molecular weight excluding hydrogens is 303 g/mol. The normalized spacial score (nSPS) is 16.0. The molecule has 22 heavy (non-hydrogen) atoms. The molecule has 0 saturated carbocycles. The van der Waals surface area contributed by atoms with E-state index in [0.717, 1.165) is 38.4 Å². The fraction of sp³-hybridized carbons (Fsp3) is 0.375. The molecule has 1 fully saturated rings. The number of pyridine rings is 2. The van der Waals surface area contributed by atoms with Crippen molar-refractivity contribution in [2.24, 2.45) is 0 Å². The molecule has 1 aliphatic heterocycles. The van der Waals surface area contributed by atoms with Crippen LogP contribution in [0.15, 0.2) is 30.6 Å². The quantitative estimate of drug-likeness (QED) is 0.870. The van der Waals surface area contributed by atoms with Crippen molar-refractivity contribution in [1.29, 1.82) is 0 Å². The van der Waals surface area contributed by atoms with E-state index in [9.17, 15) is 4.39 Å². The monoisotopic (exact) mass is 320 g/mol. The topological polar surface area (TPSA) is 32.3 Å². The van der Waals surface area contributed by atoms with Crippen LogP contribution in [-0.4, -0.2) is 41.0 Å². The fourth-order valence-corrected chi connectivity index (χ4v) is 2.80. The standard InChI is InChI=1S/C16H18ClFN4/c1-12-3-2-4-19-15(12)11-21-5-7-22(8-6-21)16-14(18)9-13(17)10-20-16/h2-4,9-10H,5-8,11H2,1H3. The molecule has 2 aromatic rings. The molecule has 0 unspecified atom stereocenters. The summed E-state index contributed by atoms with van der Waals surface area (Å²) in [5.74, 6) is 0.0274. The van der Waals surface area contributed by atoms with E-state index in [4.69, 9.17) is 11.6 Å². The number of hydrogen-bond donors (Lipinski definition) is 0. The SMILES string of the molecule is Cc1cccnc1CN1CCN(c2ncc(Cl)cc2F)CC1. The van der Waals surface area contributed by atoms with Gasteiger partial charge in [0.25, 0.3) is 0 Å². The number of anilines is 1. The van der Waals surface area contributed by atoms with Crippen molar-refractivity contribution in [1.82, 2.24) is 14.9 Å². The summed E-state index contributed by atoms with van der Waals surface area (Å²) >= 11 is 5.75. The fourth-order valence-electron chi connectivity index (χ4n) is 2.65. The molecule has 0 aliphatic carbocycles. The summed E-state index contributed by atoms with van der Waals surface area (Å²) in [6.07, 6.45) is 3.31. The van der Waals surface area contributed by atoms with Gasteiger partial charge in [0.2, 0.25) is 0 Å². The zero-order chi connectivity index (χ0) is 15.5. The first kappa shape index (κ1) is 15.2. The molecule has 3 rings (SSSR count). The maximum atomic E-state index is 13.9. The van der Waals surface area contributed by atoms with Crippen LogP contribution in [0.1, 0.15) is 11.3 Å². The Balaban J connectivity index is 1.62. The summed E-state index contributed by atoms with van der Waals surface area (Å²) in [4.78, 5) is 12.8. The predicted molar refractivity (Wildman–Crippen MR) is 85.7 cm³/mol. The molecular formula is C16H18ClFN4. The van der Waals surface area contributed by atoms with Crippen LogP contribution in [0.2, 0.25) is 5.02 Å². The van der Waals surface area contributed by atoms with Crippen LogP contribution >= 0.6 is 11.6 Å². The summed E-state index contributed by atoms with van der Waals surface area (Å²) < 4.78 is 13.9. The van der Waals surface area contributed by atoms with Crippen molar-refractivity contribution in [2.45, 2.75) is 13.5 Å². The van der Waals surface area contributed by atoms with Crippen molar-refractivity contribution in [2.75, 3.05) is 31.1 Å². The third-order valence-corrected chi connectivity index (χ3v) is 4.16. The van der Waals surface area contributed by atoms with E-state index in [1.165, 1.54) is 17.8 Å². The van der Waals surface area contributed by atoms with Gasteiger partial charge < -0.3 is 4.90 Å². The highest BCUT2D eigenvalue weighted by atomic mass is 35.5. The Bertz CT molecular complexity index is 656. The third-order valence-electron chi connectivity index (χ3n) is 3.95. The lowest BCUT2D eigenvalue weighted by Gasteiger charge is -2.35. The first-order chi connectivity index (χ1) is 10.6. The first-order valence-electron chi connectivity index (χ1n) is 7.32. The minimum Gasteiger partial charge on any atom is -0.352 e. The summed E-state index contributed by atoms with van der Waals surface area (Å²) in [6.45, 7) is 6.12. The zero-order valence-corrected chi connectivity index (χ0v) is 13.2. The maximum Gasteiger partial charge on any atom is 0.167 e. The van der Waals surface area contributed by atoms with Gasteiger partial charge in [-0.1, -0.05) is 17.7 Å². The molecule has 0 radical (unpaired) electrons. The van der Waals surface area contributed by atoms with Gasteiger partial charge >= 0.3 is 0 Å². The van der Waals surface area contributed by atoms with Crippen molar-refractivity contribution in [3.05, 3.63) is 52.7 Å². The van der Waals surface area contributed by atoms with Gasteiger partial charge in [0.15, 0.2) is 11.6 Å². The molecule has 3 heterocycles. The van der Waals surface area contributed by atoms with E-state index in [-0.39, 0.29) is 5.82 Å². The van der Waals surface area contributed by atoms with Gasteiger partial charge in [-0.05, 0) is 24.6 Å². The minimum atomic E-state index is -0.360. The number of hydrogen-bond acceptors (Lipinski definition) is 4. The zero-order valence-electron chi connectivity index (χ0n) is 12.5. The van der Waals surface area contributed by atoms with Crippen LogP contribution in [0.5, 0.6) is 0 Å². The smallest absolute Gasteiger partial charge is 0.167 e. The molecule has 0 spiro atoms. The highest BCUT2D eigenvalue weighted by Crippen LogP contribution is 2.21. The molecule has 0 atom stereocenters. The molecule has 0 N–H and O–H groups in total. The molecule has 0 aromatic carbocycles. The highest BCUT2D eigenvalue weighted by molar-refractivity contribution is 6.30. The van der Waals surface area contributed by atoms with Crippen LogP contribution in [0.25, 0.3) is 0 Å². The number of halogens is 2. The highest BCUT2D eigenvalue weighted by Gasteiger charge is 2.21. The Morgan fingerprint density at radius 1 is 1.23 bits per heavy atom. The summed E-state index contributed by atoms with van der Waals surface area (Å²) in [5.41, 5.74) is 2.31. The Morgan fingerprint density at radius 2 is 2.00 bits per heavy atom. The number of rotatable bonds is 3. The lowest BCUT2D eigenvalue weighted by atomic mass is 10.2. The largest absolute Gasteiger partial charge is 0.352 e. The molecule has 0 amide bonds. The molecule has 2 aromatic heterocycles. The lowest BCUT2D eigenvalue weighted by molar-refractivity contribution is 0.245. The average molecular weight is 321 g/mol. The number of aryl methyl sites for hydroxylation is 1. The van der Waals surface area contributed by atoms with Crippen LogP contribution in [0, 0.1) is 12.7 Å². The minimum absolute atomic E-state index is 0.325. The second-order valence-electron chi connectivity index (χ2n) is 5.49. The van der Waals surface area contributed by atoms with Crippen LogP contribution in [0.4, 0.5) is 10.2 Å². The molecule has 116 valence electrons. The van der Waals surface area contributed by atoms with Crippen LogP contribution < -0.4 is 4.90 Å².